The van der Waals surface area contributed by atoms with E-state index in [1.807, 2.05) is 31.2 Å². The molecular formula is C24H23F2N5O. The molecule has 0 saturated carbocycles. The minimum Gasteiger partial charge on any atom is -0.378 e. The first-order valence-corrected chi connectivity index (χ1v) is 10.6. The van der Waals surface area contributed by atoms with E-state index in [2.05, 4.69) is 15.2 Å². The van der Waals surface area contributed by atoms with Gasteiger partial charge >= 0.3 is 0 Å². The van der Waals surface area contributed by atoms with E-state index < -0.39 is 11.6 Å². The maximum Gasteiger partial charge on any atom is 0.148 e. The Morgan fingerprint density at radius 3 is 2.56 bits per heavy atom. The van der Waals surface area contributed by atoms with E-state index in [4.69, 9.17) is 14.7 Å². The number of benzene rings is 2. The molecule has 6 nitrogen and oxygen atoms in total. The smallest absolute Gasteiger partial charge is 0.148 e. The Morgan fingerprint density at radius 2 is 1.84 bits per heavy atom. The molecule has 3 heterocycles. The van der Waals surface area contributed by atoms with Crippen LogP contribution in [-0.4, -0.2) is 48.5 Å². The fourth-order valence-electron chi connectivity index (χ4n) is 4.08. The van der Waals surface area contributed by atoms with Crippen LogP contribution in [0.1, 0.15) is 24.1 Å². The number of allylic oxidation sites excluding steroid dienone is 1. The van der Waals surface area contributed by atoms with Crippen LogP contribution >= 0.6 is 0 Å². The number of hydrogen-bond donors (Lipinski definition) is 1. The van der Waals surface area contributed by atoms with Gasteiger partial charge in [-0.2, -0.15) is 0 Å². The van der Waals surface area contributed by atoms with Crippen molar-refractivity contribution in [2.45, 2.75) is 13.0 Å². The second-order valence-corrected chi connectivity index (χ2v) is 7.91. The predicted octanol–water partition coefficient (Wildman–Crippen LogP) is 4.28. The summed E-state index contributed by atoms with van der Waals surface area (Å²) < 4.78 is 32.9. The monoisotopic (exact) mass is 435 g/mol. The number of fused-ring (bicyclic) bond motifs is 1. The zero-order valence-electron chi connectivity index (χ0n) is 17.7. The van der Waals surface area contributed by atoms with E-state index in [9.17, 15) is 8.78 Å². The molecule has 0 aliphatic carbocycles. The highest BCUT2D eigenvalue weighted by molar-refractivity contribution is 6.11. The number of hydrogen-bond acceptors (Lipinski definition) is 6. The molecule has 1 N–H and O–H groups in total. The lowest BCUT2D eigenvalue weighted by molar-refractivity contribution is 0.122. The molecule has 0 radical (unpaired) electrons. The van der Waals surface area contributed by atoms with Crippen molar-refractivity contribution in [2.24, 2.45) is 4.99 Å². The van der Waals surface area contributed by atoms with Gasteiger partial charge in [0.15, 0.2) is 0 Å². The average Bonchev–Trinajstić information content (AvgIpc) is 3.33. The van der Waals surface area contributed by atoms with E-state index >= 15 is 0 Å². The topological polar surface area (TPSA) is 62.6 Å². The number of ether oxygens (including phenoxy) is 1. The fourth-order valence-corrected chi connectivity index (χ4v) is 4.08. The second-order valence-electron chi connectivity index (χ2n) is 7.91. The molecule has 2 aliphatic rings. The van der Waals surface area contributed by atoms with Crippen LogP contribution in [0.4, 0.5) is 20.3 Å². The molecule has 0 bridgehead atoms. The summed E-state index contributed by atoms with van der Waals surface area (Å²) >= 11 is 0. The largest absolute Gasteiger partial charge is 0.378 e. The summed E-state index contributed by atoms with van der Waals surface area (Å²) in [7, 11) is 0. The molecule has 164 valence electrons. The van der Waals surface area contributed by atoms with Crippen molar-refractivity contribution >= 4 is 28.3 Å². The van der Waals surface area contributed by atoms with Crippen molar-refractivity contribution in [3.63, 3.8) is 0 Å². The van der Waals surface area contributed by atoms with Crippen LogP contribution < -0.4 is 10.2 Å². The van der Waals surface area contributed by atoms with Gasteiger partial charge in [-0.1, -0.05) is 6.08 Å². The van der Waals surface area contributed by atoms with Gasteiger partial charge in [0, 0.05) is 36.0 Å². The lowest BCUT2D eigenvalue weighted by atomic mass is 9.99. The van der Waals surface area contributed by atoms with Gasteiger partial charge < -0.3 is 15.0 Å². The van der Waals surface area contributed by atoms with E-state index in [0.717, 1.165) is 52.8 Å². The lowest BCUT2D eigenvalue weighted by Crippen LogP contribution is -2.36. The first-order valence-electron chi connectivity index (χ1n) is 10.6. The number of halogens is 2. The summed E-state index contributed by atoms with van der Waals surface area (Å²) in [4.78, 5) is 16.3. The van der Waals surface area contributed by atoms with Crippen LogP contribution in [0.2, 0.25) is 0 Å². The second kappa shape index (κ2) is 8.63. The SMILES string of the molecule is CC(Nc1cc(F)cc(F)c1)c1cc(C2=NCC=C2)cc2ncc(N3CCOCC3)nc12. The number of morpholine rings is 1. The van der Waals surface area contributed by atoms with Crippen molar-refractivity contribution in [3.05, 3.63) is 71.4 Å². The zero-order chi connectivity index (χ0) is 22.1. The highest BCUT2D eigenvalue weighted by Crippen LogP contribution is 2.29. The molecule has 8 heteroatoms. The van der Waals surface area contributed by atoms with Gasteiger partial charge in [-0.05, 0) is 37.3 Å². The van der Waals surface area contributed by atoms with Crippen molar-refractivity contribution in [1.82, 2.24) is 9.97 Å². The van der Waals surface area contributed by atoms with E-state index in [0.29, 0.717) is 25.4 Å². The van der Waals surface area contributed by atoms with Crippen LogP contribution in [0.3, 0.4) is 0 Å². The molecular weight excluding hydrogens is 412 g/mol. The molecule has 1 unspecified atom stereocenters. The van der Waals surface area contributed by atoms with Crippen LogP contribution in [0.5, 0.6) is 0 Å². The van der Waals surface area contributed by atoms with Gasteiger partial charge in [0.05, 0.1) is 48.7 Å². The summed E-state index contributed by atoms with van der Waals surface area (Å²) in [5.74, 6) is -0.465. The molecule has 5 rings (SSSR count). The number of rotatable bonds is 5. The molecule has 1 atom stereocenters. The highest BCUT2D eigenvalue weighted by atomic mass is 19.1. The zero-order valence-corrected chi connectivity index (χ0v) is 17.7. The van der Waals surface area contributed by atoms with Crippen molar-refractivity contribution in [1.29, 1.82) is 0 Å². The van der Waals surface area contributed by atoms with E-state index in [1.165, 1.54) is 12.1 Å². The van der Waals surface area contributed by atoms with Gasteiger partial charge in [0.25, 0.3) is 0 Å². The normalized spacial score (nSPS) is 17.0. The molecule has 1 saturated heterocycles. The Hall–Kier alpha value is -3.39. The summed E-state index contributed by atoms with van der Waals surface area (Å²) in [6, 6.07) is 7.15. The number of nitrogens with one attached hydrogen (secondary N) is 1. The molecule has 3 aromatic rings. The Bertz CT molecular complexity index is 1200. The van der Waals surface area contributed by atoms with Gasteiger partial charge in [0.1, 0.15) is 17.5 Å². The third-order valence-corrected chi connectivity index (χ3v) is 5.65. The molecule has 0 amide bonds. The minimum absolute atomic E-state index is 0.279. The molecule has 0 spiro atoms. The van der Waals surface area contributed by atoms with Gasteiger partial charge in [-0.15, -0.1) is 0 Å². The van der Waals surface area contributed by atoms with Crippen molar-refractivity contribution in [2.75, 3.05) is 43.1 Å². The summed E-state index contributed by atoms with van der Waals surface area (Å²) in [5, 5.41) is 3.21. The summed E-state index contributed by atoms with van der Waals surface area (Å²) in [6.07, 6.45) is 5.78. The highest BCUT2D eigenvalue weighted by Gasteiger charge is 2.19. The average molecular weight is 435 g/mol. The maximum atomic E-state index is 13.7. The molecule has 1 fully saturated rings. The number of anilines is 2. The Kier molecular flexibility index (Phi) is 5.53. The van der Waals surface area contributed by atoms with E-state index in [1.54, 1.807) is 6.20 Å². The maximum absolute atomic E-state index is 13.7. The van der Waals surface area contributed by atoms with Gasteiger partial charge in [0.2, 0.25) is 0 Å². The van der Waals surface area contributed by atoms with Crippen LogP contribution in [0, 0.1) is 11.6 Å². The van der Waals surface area contributed by atoms with E-state index in [-0.39, 0.29) is 6.04 Å². The lowest BCUT2D eigenvalue weighted by Gasteiger charge is -2.28. The number of aromatic nitrogens is 2. The molecule has 32 heavy (non-hydrogen) atoms. The third-order valence-electron chi connectivity index (χ3n) is 5.65. The number of nitrogens with zero attached hydrogens (tertiary/aromatic N) is 4. The summed E-state index contributed by atoms with van der Waals surface area (Å²) in [5.41, 5.74) is 4.57. The predicted molar refractivity (Wildman–Crippen MR) is 122 cm³/mol. The van der Waals surface area contributed by atoms with Crippen LogP contribution in [0.25, 0.3) is 11.0 Å². The Labute approximate surface area is 184 Å². The van der Waals surface area contributed by atoms with Crippen molar-refractivity contribution < 1.29 is 13.5 Å². The number of aliphatic imine (C=N–C) groups is 1. The first-order chi connectivity index (χ1) is 15.6. The third kappa shape index (κ3) is 4.18. The van der Waals surface area contributed by atoms with Gasteiger partial charge in [-0.25, -0.2) is 13.8 Å². The standard InChI is InChI=1S/C24H23F2N5O/c1-15(29-19-12-17(25)11-18(26)13-19)20-9-16(21-3-2-4-27-21)10-22-24(20)30-23(14-28-22)31-5-7-32-8-6-31/h2-3,9-15,29H,4-8H2,1H3. The first kappa shape index (κ1) is 20.5. The quantitative estimate of drug-likeness (QED) is 0.648. The molecule has 2 aliphatic heterocycles. The Balaban J connectivity index is 1.58. The molecule has 2 aromatic carbocycles. The summed E-state index contributed by atoms with van der Waals surface area (Å²) in [6.45, 7) is 5.41. The van der Waals surface area contributed by atoms with Crippen LogP contribution in [-0.2, 0) is 4.74 Å². The Morgan fingerprint density at radius 1 is 1.06 bits per heavy atom. The minimum atomic E-state index is -0.627. The van der Waals surface area contributed by atoms with Crippen LogP contribution in [0.15, 0.2) is 53.7 Å². The van der Waals surface area contributed by atoms with Crippen molar-refractivity contribution in [3.8, 4) is 0 Å². The van der Waals surface area contributed by atoms with Gasteiger partial charge in [-0.3, -0.25) is 9.98 Å². The molecule has 1 aromatic heterocycles. The fraction of sp³-hybridized carbons (Fsp3) is 0.292.